The molecule has 0 fully saturated rings. The number of halogens is 1. The number of rotatable bonds is 3. The van der Waals surface area contributed by atoms with Crippen molar-refractivity contribution < 1.29 is 9.59 Å². The molecule has 0 aromatic carbocycles. The highest BCUT2D eigenvalue weighted by Crippen LogP contribution is 2.17. The zero-order valence-electron chi connectivity index (χ0n) is 9.27. The quantitative estimate of drug-likeness (QED) is 0.734. The number of H-pyrrole nitrogens is 1. The second-order valence-corrected chi connectivity index (χ2v) is 3.85. The van der Waals surface area contributed by atoms with E-state index in [9.17, 15) is 9.59 Å². The number of nitrogens with two attached hydrogens (primary N) is 1. The molecule has 18 heavy (non-hydrogen) atoms. The topological polar surface area (TPSA) is 119 Å². The summed E-state index contributed by atoms with van der Waals surface area (Å²) in [5.74, 6) is -1.23. The predicted molar refractivity (Wildman–Crippen MR) is 63.3 cm³/mol. The maximum atomic E-state index is 11.8. The van der Waals surface area contributed by atoms with E-state index in [2.05, 4.69) is 20.6 Å². The van der Waals surface area contributed by atoms with Gasteiger partial charge in [0.05, 0.1) is 23.1 Å². The molecule has 2 aromatic rings. The summed E-state index contributed by atoms with van der Waals surface area (Å²) in [5.41, 5.74) is 5.59. The Hall–Kier alpha value is -2.35. The first-order chi connectivity index (χ1) is 8.50. The Kier molecular flexibility index (Phi) is 3.02. The molecule has 0 saturated heterocycles. The minimum atomic E-state index is -0.694. The average Bonchev–Trinajstić information content (AvgIpc) is 2.85. The van der Waals surface area contributed by atoms with Gasteiger partial charge in [0.15, 0.2) is 0 Å². The summed E-state index contributed by atoms with van der Waals surface area (Å²) in [5, 5.41) is 12.6. The van der Waals surface area contributed by atoms with Crippen LogP contribution in [0.5, 0.6) is 0 Å². The van der Waals surface area contributed by atoms with Crippen molar-refractivity contribution in [3.05, 3.63) is 28.8 Å². The van der Waals surface area contributed by atoms with Crippen LogP contribution in [-0.2, 0) is 7.05 Å². The fraction of sp³-hybridized carbons (Fsp3) is 0.111. The molecule has 2 amide bonds. The number of aryl methyl sites for hydroxylation is 1. The molecule has 0 unspecified atom stereocenters. The van der Waals surface area contributed by atoms with E-state index in [1.807, 2.05) is 0 Å². The van der Waals surface area contributed by atoms with Gasteiger partial charge >= 0.3 is 0 Å². The van der Waals surface area contributed by atoms with Crippen molar-refractivity contribution in [1.29, 1.82) is 0 Å². The maximum Gasteiger partial charge on any atom is 0.275 e. The summed E-state index contributed by atoms with van der Waals surface area (Å²) in [6.45, 7) is 0. The zero-order chi connectivity index (χ0) is 13.3. The van der Waals surface area contributed by atoms with Crippen molar-refractivity contribution in [3.63, 3.8) is 0 Å². The zero-order valence-corrected chi connectivity index (χ0v) is 10.0. The van der Waals surface area contributed by atoms with Crippen LogP contribution in [0.3, 0.4) is 0 Å². The number of hydrogen-bond donors (Lipinski definition) is 3. The van der Waals surface area contributed by atoms with Gasteiger partial charge in [0, 0.05) is 7.05 Å². The van der Waals surface area contributed by atoms with Crippen molar-refractivity contribution in [2.45, 2.75) is 0 Å². The molecule has 2 rings (SSSR count). The van der Waals surface area contributed by atoms with Gasteiger partial charge in [-0.15, -0.1) is 0 Å². The number of amides is 2. The lowest BCUT2D eigenvalue weighted by atomic mass is 10.3. The summed E-state index contributed by atoms with van der Waals surface area (Å²) < 4.78 is 1.27. The third-order valence-corrected chi connectivity index (χ3v) is 2.53. The van der Waals surface area contributed by atoms with Crippen molar-refractivity contribution in [2.24, 2.45) is 12.8 Å². The monoisotopic (exact) mass is 268 g/mol. The van der Waals surface area contributed by atoms with Crippen molar-refractivity contribution in [1.82, 2.24) is 20.0 Å². The van der Waals surface area contributed by atoms with Crippen LogP contribution in [0.4, 0.5) is 5.69 Å². The lowest BCUT2D eigenvalue weighted by molar-refractivity contribution is 0.0992. The Morgan fingerprint density at radius 1 is 1.50 bits per heavy atom. The standard InChI is InChI=1S/C9H9ClN6O2/c1-16-7(8(11)17)5(3-13-16)14-9(18)6-4(10)2-12-15-6/h2-3H,1H3,(H2,11,17)(H,12,15)(H,14,18). The summed E-state index contributed by atoms with van der Waals surface area (Å²) in [6, 6.07) is 0. The van der Waals surface area contributed by atoms with Gasteiger partial charge in [-0.3, -0.25) is 19.4 Å². The first-order valence-corrected chi connectivity index (χ1v) is 5.20. The normalized spacial score (nSPS) is 10.3. The van der Waals surface area contributed by atoms with Gasteiger partial charge in [-0.2, -0.15) is 10.2 Å². The van der Waals surface area contributed by atoms with E-state index in [0.717, 1.165) is 0 Å². The molecule has 2 heterocycles. The van der Waals surface area contributed by atoms with Crippen LogP contribution in [0.25, 0.3) is 0 Å². The summed E-state index contributed by atoms with van der Waals surface area (Å²) in [7, 11) is 1.54. The van der Waals surface area contributed by atoms with E-state index in [4.69, 9.17) is 17.3 Å². The number of aromatic nitrogens is 4. The smallest absolute Gasteiger partial charge is 0.275 e. The third-order valence-electron chi connectivity index (χ3n) is 2.24. The first-order valence-electron chi connectivity index (χ1n) is 4.82. The second kappa shape index (κ2) is 4.49. The van der Waals surface area contributed by atoms with Gasteiger partial charge in [-0.25, -0.2) is 0 Å². The van der Waals surface area contributed by atoms with E-state index < -0.39 is 11.8 Å². The maximum absolute atomic E-state index is 11.8. The third kappa shape index (κ3) is 2.05. The van der Waals surface area contributed by atoms with E-state index in [1.54, 1.807) is 7.05 Å². The minimum Gasteiger partial charge on any atom is -0.364 e. The molecule has 9 heteroatoms. The molecule has 0 atom stereocenters. The second-order valence-electron chi connectivity index (χ2n) is 3.44. The molecule has 0 aliphatic carbocycles. The molecule has 0 bridgehead atoms. The molecular weight excluding hydrogens is 260 g/mol. The fourth-order valence-electron chi connectivity index (χ4n) is 1.44. The van der Waals surface area contributed by atoms with Crippen LogP contribution < -0.4 is 11.1 Å². The molecule has 0 spiro atoms. The van der Waals surface area contributed by atoms with E-state index in [-0.39, 0.29) is 22.1 Å². The summed E-state index contributed by atoms with van der Waals surface area (Å²) in [6.07, 6.45) is 2.62. The van der Waals surface area contributed by atoms with Gasteiger partial charge in [-0.05, 0) is 0 Å². The Labute approximate surface area is 106 Å². The number of hydrogen-bond acceptors (Lipinski definition) is 4. The summed E-state index contributed by atoms with van der Waals surface area (Å²) >= 11 is 5.74. The van der Waals surface area contributed by atoms with Gasteiger partial charge in [0.2, 0.25) is 0 Å². The van der Waals surface area contributed by atoms with E-state index >= 15 is 0 Å². The highest BCUT2D eigenvalue weighted by molar-refractivity contribution is 6.34. The van der Waals surface area contributed by atoms with Crippen molar-refractivity contribution in [3.8, 4) is 0 Å². The highest BCUT2D eigenvalue weighted by atomic mass is 35.5. The Balaban J connectivity index is 2.28. The Bertz CT molecular complexity index is 616. The number of nitrogens with one attached hydrogen (secondary N) is 2. The fourth-order valence-corrected chi connectivity index (χ4v) is 1.61. The van der Waals surface area contributed by atoms with Crippen LogP contribution in [-0.4, -0.2) is 31.8 Å². The largest absolute Gasteiger partial charge is 0.364 e. The van der Waals surface area contributed by atoms with Gasteiger partial charge in [0.25, 0.3) is 11.8 Å². The molecule has 0 aliphatic rings. The molecule has 4 N–H and O–H groups in total. The van der Waals surface area contributed by atoms with Crippen molar-refractivity contribution >= 4 is 29.1 Å². The van der Waals surface area contributed by atoms with Crippen LogP contribution in [0.1, 0.15) is 21.0 Å². The number of aromatic amines is 1. The van der Waals surface area contributed by atoms with Gasteiger partial charge in [0.1, 0.15) is 11.4 Å². The Morgan fingerprint density at radius 3 is 2.78 bits per heavy atom. The highest BCUT2D eigenvalue weighted by Gasteiger charge is 2.19. The first kappa shape index (κ1) is 12.1. The molecule has 8 nitrogen and oxygen atoms in total. The lowest BCUT2D eigenvalue weighted by Crippen LogP contribution is -2.20. The number of carbonyl (C=O) groups is 2. The van der Waals surface area contributed by atoms with Crippen LogP contribution in [0, 0.1) is 0 Å². The van der Waals surface area contributed by atoms with Crippen LogP contribution in [0.2, 0.25) is 5.02 Å². The minimum absolute atomic E-state index is 0.0935. The van der Waals surface area contributed by atoms with Crippen molar-refractivity contribution in [2.75, 3.05) is 5.32 Å². The number of nitrogens with zero attached hydrogens (tertiary/aromatic N) is 3. The van der Waals surface area contributed by atoms with E-state index in [1.165, 1.54) is 17.1 Å². The number of anilines is 1. The number of carbonyl (C=O) groups excluding carboxylic acids is 2. The molecule has 2 aromatic heterocycles. The molecular formula is C9H9ClN6O2. The SMILES string of the molecule is Cn1ncc(NC(=O)c2[nH]ncc2Cl)c1C(N)=O. The average molecular weight is 269 g/mol. The molecule has 0 radical (unpaired) electrons. The van der Waals surface area contributed by atoms with Gasteiger partial charge in [-0.1, -0.05) is 11.6 Å². The predicted octanol–water partition coefficient (Wildman–Crippen LogP) is 0.148. The molecule has 0 aliphatic heterocycles. The Morgan fingerprint density at radius 2 is 2.22 bits per heavy atom. The van der Waals surface area contributed by atoms with E-state index in [0.29, 0.717) is 0 Å². The van der Waals surface area contributed by atoms with Gasteiger partial charge < -0.3 is 11.1 Å². The number of primary amides is 1. The summed E-state index contributed by atoms with van der Waals surface area (Å²) in [4.78, 5) is 23.0. The molecule has 0 saturated carbocycles. The molecule has 94 valence electrons. The lowest BCUT2D eigenvalue weighted by Gasteiger charge is -2.03. The van der Waals surface area contributed by atoms with Crippen LogP contribution >= 0.6 is 11.6 Å². The van der Waals surface area contributed by atoms with Crippen LogP contribution in [0.15, 0.2) is 12.4 Å².